The van der Waals surface area contributed by atoms with Crippen molar-refractivity contribution in [2.24, 2.45) is 5.92 Å². The Morgan fingerprint density at radius 2 is 2.19 bits per heavy atom. The Morgan fingerprint density at radius 1 is 1.31 bits per heavy atom. The zero-order chi connectivity index (χ0) is 11.0. The van der Waals surface area contributed by atoms with Crippen LogP contribution in [0.15, 0.2) is 18.3 Å². The molecule has 0 radical (unpaired) electrons. The van der Waals surface area contributed by atoms with E-state index >= 15 is 0 Å². The van der Waals surface area contributed by atoms with Crippen LogP contribution in [0.1, 0.15) is 18.5 Å². The number of nitrogens with zero attached hydrogens (tertiary/aromatic N) is 2. The lowest BCUT2D eigenvalue weighted by atomic mass is 9.94. The van der Waals surface area contributed by atoms with Crippen LogP contribution in [0, 0.1) is 12.8 Å². The first-order valence-corrected chi connectivity index (χ1v) is 6.23. The summed E-state index contributed by atoms with van der Waals surface area (Å²) >= 11 is 0. The lowest BCUT2D eigenvalue weighted by Gasteiger charge is -2.31. The largest absolute Gasteiger partial charge is 0.381 e. The molecule has 86 valence electrons. The van der Waals surface area contributed by atoms with Crippen molar-refractivity contribution < 1.29 is 0 Å². The zero-order valence-corrected chi connectivity index (χ0v) is 9.82. The van der Waals surface area contributed by atoms with Crippen LogP contribution in [0.25, 0.3) is 0 Å². The van der Waals surface area contributed by atoms with Crippen molar-refractivity contribution in [1.29, 1.82) is 0 Å². The van der Waals surface area contributed by atoms with Crippen LogP contribution in [0.3, 0.4) is 0 Å². The lowest BCUT2D eigenvalue weighted by molar-refractivity contribution is 0.255. The zero-order valence-electron chi connectivity index (χ0n) is 9.82. The molecule has 0 aliphatic carbocycles. The van der Waals surface area contributed by atoms with Gasteiger partial charge < -0.3 is 10.2 Å². The van der Waals surface area contributed by atoms with Crippen LogP contribution in [0.5, 0.6) is 0 Å². The smallest absolute Gasteiger partial charge is 0.0529 e. The number of hydrogen-bond donors (Lipinski definition) is 1. The minimum Gasteiger partial charge on any atom is -0.381 e. The van der Waals surface area contributed by atoms with E-state index in [0.717, 1.165) is 11.6 Å². The molecule has 1 N–H and O–H groups in total. The molecule has 1 aromatic heterocycles. The van der Waals surface area contributed by atoms with Gasteiger partial charge in [0, 0.05) is 24.8 Å². The fourth-order valence-electron chi connectivity index (χ4n) is 2.91. The van der Waals surface area contributed by atoms with E-state index < -0.39 is 0 Å². The van der Waals surface area contributed by atoms with E-state index in [1.54, 1.807) is 0 Å². The molecule has 0 spiro atoms. The van der Waals surface area contributed by atoms with E-state index in [4.69, 9.17) is 0 Å². The van der Waals surface area contributed by atoms with Crippen molar-refractivity contribution in [3.8, 4) is 0 Å². The highest BCUT2D eigenvalue weighted by Gasteiger charge is 2.33. The summed E-state index contributed by atoms with van der Waals surface area (Å²) in [6.07, 6.45) is 4.59. The monoisotopic (exact) mass is 217 g/mol. The minimum atomic E-state index is 0.656. The molecule has 3 heteroatoms. The Labute approximate surface area is 96.9 Å². The number of fused-ring (bicyclic) bond motifs is 2. The van der Waals surface area contributed by atoms with E-state index in [1.165, 1.54) is 38.2 Å². The van der Waals surface area contributed by atoms with E-state index in [-0.39, 0.29) is 0 Å². The summed E-state index contributed by atoms with van der Waals surface area (Å²) in [7, 11) is 0. The summed E-state index contributed by atoms with van der Waals surface area (Å²) in [4.78, 5) is 6.91. The molecular weight excluding hydrogens is 198 g/mol. The van der Waals surface area contributed by atoms with Crippen LogP contribution in [-0.2, 0) is 0 Å². The Bertz CT molecular complexity index is 360. The normalized spacial score (nSPS) is 32.7. The SMILES string of the molecule is Cc1ccc(NC2CCN3CCC2C3)cn1. The number of aryl methyl sites for hydroxylation is 1. The molecule has 3 atom stereocenters. The number of piperidine rings is 1. The molecule has 0 aromatic carbocycles. The van der Waals surface area contributed by atoms with Crippen molar-refractivity contribution in [3.05, 3.63) is 24.0 Å². The van der Waals surface area contributed by atoms with Crippen LogP contribution in [0.2, 0.25) is 0 Å². The highest BCUT2D eigenvalue weighted by molar-refractivity contribution is 5.42. The molecule has 3 unspecified atom stereocenters. The topological polar surface area (TPSA) is 28.2 Å². The third-order valence-corrected chi connectivity index (χ3v) is 3.90. The lowest BCUT2D eigenvalue weighted by Crippen LogP contribution is -2.39. The van der Waals surface area contributed by atoms with Gasteiger partial charge in [-0.1, -0.05) is 0 Å². The quantitative estimate of drug-likeness (QED) is 0.820. The Balaban J connectivity index is 1.68. The Kier molecular flexibility index (Phi) is 2.56. The highest BCUT2D eigenvalue weighted by Crippen LogP contribution is 2.29. The Morgan fingerprint density at radius 3 is 3.00 bits per heavy atom. The first-order chi connectivity index (χ1) is 7.81. The van der Waals surface area contributed by atoms with Crippen molar-refractivity contribution in [2.45, 2.75) is 25.8 Å². The predicted octanol–water partition coefficient (Wildman–Crippen LogP) is 1.90. The van der Waals surface area contributed by atoms with E-state index in [1.807, 2.05) is 13.1 Å². The molecule has 2 bridgehead atoms. The molecule has 2 aliphatic heterocycles. The van der Waals surface area contributed by atoms with Crippen molar-refractivity contribution in [2.75, 3.05) is 25.0 Å². The van der Waals surface area contributed by atoms with E-state index in [0.29, 0.717) is 6.04 Å². The molecule has 3 nitrogen and oxygen atoms in total. The molecule has 16 heavy (non-hydrogen) atoms. The molecule has 2 aliphatic rings. The first kappa shape index (κ1) is 10.1. The summed E-state index contributed by atoms with van der Waals surface area (Å²) in [5, 5.41) is 3.65. The van der Waals surface area contributed by atoms with Gasteiger partial charge in [0.1, 0.15) is 0 Å². The predicted molar refractivity (Wildman–Crippen MR) is 65.5 cm³/mol. The van der Waals surface area contributed by atoms with Crippen molar-refractivity contribution in [3.63, 3.8) is 0 Å². The van der Waals surface area contributed by atoms with Crippen LogP contribution >= 0.6 is 0 Å². The average molecular weight is 217 g/mol. The standard InChI is InChI=1S/C13H19N3/c1-10-2-3-12(8-14-10)15-13-5-7-16-6-4-11(13)9-16/h2-3,8,11,13,15H,4-7,9H2,1H3. The Hall–Kier alpha value is -1.09. The van der Waals surface area contributed by atoms with Gasteiger partial charge in [-0.25, -0.2) is 0 Å². The van der Waals surface area contributed by atoms with Crippen LogP contribution in [0.4, 0.5) is 5.69 Å². The van der Waals surface area contributed by atoms with Gasteiger partial charge in [0.05, 0.1) is 11.9 Å². The van der Waals surface area contributed by atoms with Gasteiger partial charge in [0.15, 0.2) is 0 Å². The van der Waals surface area contributed by atoms with Crippen LogP contribution in [-0.4, -0.2) is 35.6 Å². The van der Waals surface area contributed by atoms with Gasteiger partial charge in [-0.15, -0.1) is 0 Å². The molecule has 1 aromatic rings. The maximum absolute atomic E-state index is 4.33. The second-order valence-electron chi connectivity index (χ2n) is 5.08. The minimum absolute atomic E-state index is 0.656. The maximum atomic E-state index is 4.33. The number of aromatic nitrogens is 1. The number of hydrogen-bond acceptors (Lipinski definition) is 3. The molecule has 3 heterocycles. The summed E-state index contributed by atoms with van der Waals surface area (Å²) in [5.74, 6) is 0.843. The van der Waals surface area contributed by atoms with Gasteiger partial charge >= 0.3 is 0 Å². The number of nitrogens with one attached hydrogen (secondary N) is 1. The third kappa shape index (κ3) is 1.92. The number of pyridine rings is 1. The third-order valence-electron chi connectivity index (χ3n) is 3.90. The van der Waals surface area contributed by atoms with Crippen molar-refractivity contribution in [1.82, 2.24) is 9.88 Å². The second-order valence-corrected chi connectivity index (χ2v) is 5.08. The maximum Gasteiger partial charge on any atom is 0.0529 e. The van der Waals surface area contributed by atoms with Crippen molar-refractivity contribution >= 4 is 5.69 Å². The van der Waals surface area contributed by atoms with Gasteiger partial charge in [0.2, 0.25) is 0 Å². The molecule has 0 amide bonds. The molecule has 3 rings (SSSR count). The molecule has 0 saturated carbocycles. The number of rotatable bonds is 2. The molecule has 2 fully saturated rings. The summed E-state index contributed by atoms with van der Waals surface area (Å²) in [5.41, 5.74) is 2.26. The number of anilines is 1. The fourth-order valence-corrected chi connectivity index (χ4v) is 2.91. The van der Waals surface area contributed by atoms with E-state index in [2.05, 4.69) is 27.3 Å². The first-order valence-electron chi connectivity index (χ1n) is 6.23. The van der Waals surface area contributed by atoms with Crippen LogP contribution < -0.4 is 5.32 Å². The highest BCUT2D eigenvalue weighted by atomic mass is 15.2. The average Bonchev–Trinajstić information content (AvgIpc) is 2.69. The van der Waals surface area contributed by atoms with Gasteiger partial charge in [-0.2, -0.15) is 0 Å². The van der Waals surface area contributed by atoms with Gasteiger partial charge in [0.25, 0.3) is 0 Å². The second kappa shape index (κ2) is 4.06. The van der Waals surface area contributed by atoms with E-state index in [9.17, 15) is 0 Å². The van der Waals surface area contributed by atoms with Gasteiger partial charge in [-0.05, 0) is 44.4 Å². The summed E-state index contributed by atoms with van der Waals surface area (Å²) < 4.78 is 0. The summed E-state index contributed by atoms with van der Waals surface area (Å²) in [6.45, 7) is 5.87. The molecular formula is C13H19N3. The summed E-state index contributed by atoms with van der Waals surface area (Å²) in [6, 6.07) is 4.87. The molecule has 2 saturated heterocycles. The fraction of sp³-hybridized carbons (Fsp3) is 0.615. The van der Waals surface area contributed by atoms with Gasteiger partial charge in [-0.3, -0.25) is 4.98 Å².